The van der Waals surface area contributed by atoms with E-state index in [0.717, 1.165) is 11.1 Å². The van der Waals surface area contributed by atoms with E-state index < -0.39 is 0 Å². The van der Waals surface area contributed by atoms with Gasteiger partial charge in [-0.1, -0.05) is 24.3 Å². The first-order chi connectivity index (χ1) is 5.75. The highest BCUT2D eigenvalue weighted by atomic mass is 35.5. The van der Waals surface area contributed by atoms with Gasteiger partial charge in [-0.2, -0.15) is 0 Å². The Morgan fingerprint density at radius 2 is 2.08 bits per heavy atom. The van der Waals surface area contributed by atoms with E-state index in [4.69, 9.17) is 11.6 Å². The maximum atomic E-state index is 11.4. The van der Waals surface area contributed by atoms with Crippen molar-refractivity contribution in [1.82, 2.24) is 0 Å². The number of benzene rings is 1. The van der Waals surface area contributed by atoms with Crippen molar-refractivity contribution >= 4 is 17.4 Å². The van der Waals surface area contributed by atoms with Gasteiger partial charge in [-0.15, -0.1) is 11.6 Å². The SMILES string of the molecule is Cc1ccccc1C(=O)CCCl. The van der Waals surface area contributed by atoms with E-state index in [1.165, 1.54) is 0 Å². The summed E-state index contributed by atoms with van der Waals surface area (Å²) in [6, 6.07) is 7.56. The number of carbonyl (C=O) groups excluding carboxylic acids is 1. The van der Waals surface area contributed by atoms with Gasteiger partial charge in [-0.05, 0) is 12.5 Å². The van der Waals surface area contributed by atoms with Gasteiger partial charge < -0.3 is 0 Å². The van der Waals surface area contributed by atoms with Gasteiger partial charge in [-0.25, -0.2) is 0 Å². The third-order valence-corrected chi connectivity index (χ3v) is 1.96. The van der Waals surface area contributed by atoms with Crippen molar-refractivity contribution in [3.8, 4) is 0 Å². The summed E-state index contributed by atoms with van der Waals surface area (Å²) >= 11 is 5.48. The largest absolute Gasteiger partial charge is 0.294 e. The van der Waals surface area contributed by atoms with E-state index >= 15 is 0 Å². The molecular weight excluding hydrogens is 172 g/mol. The molecule has 0 aliphatic heterocycles. The first kappa shape index (κ1) is 9.27. The molecule has 0 fully saturated rings. The van der Waals surface area contributed by atoms with Crippen molar-refractivity contribution in [3.63, 3.8) is 0 Å². The first-order valence-electron chi connectivity index (χ1n) is 3.90. The van der Waals surface area contributed by atoms with Crippen molar-refractivity contribution in [2.24, 2.45) is 0 Å². The van der Waals surface area contributed by atoms with E-state index in [9.17, 15) is 4.79 Å². The van der Waals surface area contributed by atoms with Gasteiger partial charge in [0, 0.05) is 17.9 Å². The molecule has 1 nitrogen and oxygen atoms in total. The Hall–Kier alpha value is -0.820. The van der Waals surface area contributed by atoms with Crippen molar-refractivity contribution < 1.29 is 4.79 Å². The molecular formula is C10H11ClO. The molecule has 0 aromatic heterocycles. The quantitative estimate of drug-likeness (QED) is 0.519. The van der Waals surface area contributed by atoms with Crippen LogP contribution in [0.15, 0.2) is 24.3 Å². The van der Waals surface area contributed by atoms with Crippen LogP contribution in [0.2, 0.25) is 0 Å². The summed E-state index contributed by atoms with van der Waals surface area (Å²) in [6.07, 6.45) is 0.423. The smallest absolute Gasteiger partial charge is 0.164 e. The Bertz CT molecular complexity index is 281. The summed E-state index contributed by atoms with van der Waals surface area (Å²) in [5, 5.41) is 0. The predicted molar refractivity (Wildman–Crippen MR) is 50.8 cm³/mol. The molecule has 0 bridgehead atoms. The van der Waals surface area contributed by atoms with Crippen molar-refractivity contribution in [1.29, 1.82) is 0 Å². The Labute approximate surface area is 77.4 Å². The normalized spacial score (nSPS) is 9.83. The van der Waals surface area contributed by atoms with Crippen molar-refractivity contribution in [2.45, 2.75) is 13.3 Å². The van der Waals surface area contributed by atoms with Crippen LogP contribution in [0.1, 0.15) is 22.3 Å². The van der Waals surface area contributed by atoms with Gasteiger partial charge in [0.15, 0.2) is 5.78 Å². The van der Waals surface area contributed by atoms with E-state index in [2.05, 4.69) is 0 Å². The number of hydrogen-bond donors (Lipinski definition) is 0. The van der Waals surface area contributed by atoms with Gasteiger partial charge in [0.05, 0.1) is 0 Å². The molecule has 0 heterocycles. The number of halogens is 1. The zero-order chi connectivity index (χ0) is 8.97. The van der Waals surface area contributed by atoms with Gasteiger partial charge in [0.1, 0.15) is 0 Å². The first-order valence-corrected chi connectivity index (χ1v) is 4.44. The van der Waals surface area contributed by atoms with Crippen LogP contribution >= 0.6 is 11.6 Å². The lowest BCUT2D eigenvalue weighted by molar-refractivity contribution is 0.0988. The summed E-state index contributed by atoms with van der Waals surface area (Å²) in [5.41, 5.74) is 1.81. The highest BCUT2D eigenvalue weighted by Gasteiger charge is 2.06. The molecule has 1 rings (SSSR count). The van der Waals surface area contributed by atoms with Crippen LogP contribution in [0.4, 0.5) is 0 Å². The molecule has 0 aliphatic rings. The molecule has 0 radical (unpaired) electrons. The fourth-order valence-electron chi connectivity index (χ4n) is 1.11. The highest BCUT2D eigenvalue weighted by Crippen LogP contribution is 2.09. The second-order valence-electron chi connectivity index (χ2n) is 2.68. The Morgan fingerprint density at radius 1 is 1.42 bits per heavy atom. The molecule has 2 heteroatoms. The van der Waals surface area contributed by atoms with E-state index in [1.54, 1.807) is 0 Å². The molecule has 0 unspecified atom stereocenters. The third kappa shape index (κ3) is 2.08. The van der Waals surface area contributed by atoms with Gasteiger partial charge in [0.25, 0.3) is 0 Å². The summed E-state index contributed by atoms with van der Waals surface area (Å²) in [6.45, 7) is 1.93. The Balaban J connectivity index is 2.87. The van der Waals surface area contributed by atoms with Gasteiger partial charge in [0.2, 0.25) is 0 Å². The molecule has 0 atom stereocenters. The van der Waals surface area contributed by atoms with E-state index in [0.29, 0.717) is 12.3 Å². The van der Waals surface area contributed by atoms with Crippen molar-refractivity contribution in [3.05, 3.63) is 35.4 Å². The molecule has 0 N–H and O–H groups in total. The number of alkyl halides is 1. The molecule has 0 saturated heterocycles. The molecule has 12 heavy (non-hydrogen) atoms. The van der Waals surface area contributed by atoms with Crippen LogP contribution in [0.5, 0.6) is 0 Å². The molecule has 1 aromatic carbocycles. The lowest BCUT2D eigenvalue weighted by Gasteiger charge is -2.01. The molecule has 0 amide bonds. The van der Waals surface area contributed by atoms with Crippen molar-refractivity contribution in [2.75, 3.05) is 5.88 Å². The maximum absolute atomic E-state index is 11.4. The lowest BCUT2D eigenvalue weighted by atomic mass is 10.0. The van der Waals surface area contributed by atoms with Crippen LogP contribution < -0.4 is 0 Å². The number of hydrogen-bond acceptors (Lipinski definition) is 1. The molecule has 0 aliphatic carbocycles. The fourth-order valence-corrected chi connectivity index (χ4v) is 1.28. The Morgan fingerprint density at radius 3 is 2.67 bits per heavy atom. The van der Waals surface area contributed by atoms with Crippen LogP contribution in [0.25, 0.3) is 0 Å². The van der Waals surface area contributed by atoms with Crippen LogP contribution in [-0.4, -0.2) is 11.7 Å². The minimum atomic E-state index is 0.128. The fraction of sp³-hybridized carbons (Fsp3) is 0.300. The van der Waals surface area contributed by atoms with Crippen LogP contribution in [0, 0.1) is 6.92 Å². The second-order valence-corrected chi connectivity index (χ2v) is 3.06. The standard InChI is InChI=1S/C10H11ClO/c1-8-4-2-3-5-9(8)10(12)6-7-11/h2-5H,6-7H2,1H3. The van der Waals surface area contributed by atoms with Crippen LogP contribution in [-0.2, 0) is 0 Å². The summed E-state index contributed by atoms with van der Waals surface area (Å²) in [4.78, 5) is 11.4. The molecule has 0 saturated carbocycles. The highest BCUT2D eigenvalue weighted by molar-refractivity contribution is 6.19. The number of rotatable bonds is 3. The molecule has 1 aromatic rings. The monoisotopic (exact) mass is 182 g/mol. The number of carbonyl (C=O) groups is 1. The van der Waals surface area contributed by atoms with Gasteiger partial charge in [-0.3, -0.25) is 4.79 Å². The zero-order valence-corrected chi connectivity index (χ0v) is 7.77. The molecule has 64 valence electrons. The number of ketones is 1. The summed E-state index contributed by atoms with van der Waals surface area (Å²) < 4.78 is 0. The zero-order valence-electron chi connectivity index (χ0n) is 7.01. The van der Waals surface area contributed by atoms with E-state index in [1.807, 2.05) is 31.2 Å². The second kappa shape index (κ2) is 4.27. The average molecular weight is 183 g/mol. The Kier molecular flexibility index (Phi) is 3.30. The number of aryl methyl sites for hydroxylation is 1. The van der Waals surface area contributed by atoms with Gasteiger partial charge >= 0.3 is 0 Å². The molecule has 0 spiro atoms. The van der Waals surface area contributed by atoms with E-state index in [-0.39, 0.29) is 5.78 Å². The third-order valence-electron chi connectivity index (χ3n) is 1.77. The number of Topliss-reactive ketones (excluding diaryl/α,β-unsaturated/α-hetero) is 1. The minimum absolute atomic E-state index is 0.128. The predicted octanol–water partition coefficient (Wildman–Crippen LogP) is 2.81. The maximum Gasteiger partial charge on any atom is 0.164 e. The summed E-state index contributed by atoms with van der Waals surface area (Å²) in [5.74, 6) is 0.524. The summed E-state index contributed by atoms with van der Waals surface area (Å²) in [7, 11) is 0. The van der Waals surface area contributed by atoms with Crippen LogP contribution in [0.3, 0.4) is 0 Å². The average Bonchev–Trinajstić information content (AvgIpc) is 2.05. The lowest BCUT2D eigenvalue weighted by Crippen LogP contribution is -2.01. The minimum Gasteiger partial charge on any atom is -0.294 e. The topological polar surface area (TPSA) is 17.1 Å².